The number of ether oxygens (including phenoxy) is 1. The highest BCUT2D eigenvalue weighted by atomic mass is 32.1. The number of carbonyl (C=O) groups excluding carboxylic acids is 1. The van der Waals surface area contributed by atoms with Crippen molar-refractivity contribution in [3.8, 4) is 5.88 Å². The fourth-order valence-corrected chi connectivity index (χ4v) is 4.45. The molecule has 2 aromatic carbocycles. The van der Waals surface area contributed by atoms with Gasteiger partial charge in [-0.3, -0.25) is 4.79 Å². The topological polar surface area (TPSA) is 92.6 Å². The number of aliphatic carboxylic acids is 1. The van der Waals surface area contributed by atoms with Gasteiger partial charge in [-0.2, -0.15) is 17.5 Å². The first kappa shape index (κ1) is 26.2. The van der Waals surface area contributed by atoms with Crippen LogP contribution in [0.15, 0.2) is 60.7 Å². The molecular formula is C24H18F5N3O4S. The maximum absolute atomic E-state index is 14.6. The molecule has 3 heterocycles. The first-order chi connectivity index (χ1) is 17.5. The quantitative estimate of drug-likeness (QED) is 0.350. The van der Waals surface area contributed by atoms with Crippen molar-refractivity contribution in [2.75, 3.05) is 13.1 Å². The van der Waals surface area contributed by atoms with Gasteiger partial charge in [0.25, 0.3) is 11.8 Å². The zero-order valence-electron chi connectivity index (χ0n) is 18.8. The predicted molar refractivity (Wildman–Crippen MR) is 125 cm³/mol. The molecule has 13 heteroatoms. The number of carboxylic acids is 1. The molecule has 1 atom stereocenters. The molecule has 1 aliphatic heterocycles. The summed E-state index contributed by atoms with van der Waals surface area (Å²) in [5, 5.41) is 8.76. The minimum absolute atomic E-state index is 0.0386. The van der Waals surface area contributed by atoms with Crippen LogP contribution in [0.25, 0.3) is 21.8 Å². The molecule has 1 fully saturated rings. The number of likely N-dealkylation sites (tertiary alicyclic amines) is 1. The van der Waals surface area contributed by atoms with E-state index in [1.807, 2.05) is 42.5 Å². The third-order valence-corrected chi connectivity index (χ3v) is 6.38. The number of pyridine rings is 1. The van der Waals surface area contributed by atoms with Gasteiger partial charge in [0.15, 0.2) is 6.10 Å². The van der Waals surface area contributed by atoms with Gasteiger partial charge >= 0.3 is 12.1 Å². The minimum Gasteiger partial charge on any atom is -0.475 e. The third-order valence-electron chi connectivity index (χ3n) is 5.52. The molecule has 1 amide bonds. The van der Waals surface area contributed by atoms with E-state index in [1.165, 1.54) is 4.90 Å². The maximum atomic E-state index is 14.6. The number of nitrogens with zero attached hydrogens (tertiary/aromatic N) is 3. The summed E-state index contributed by atoms with van der Waals surface area (Å²) in [7, 11) is 0. The van der Waals surface area contributed by atoms with Crippen LogP contribution in [0.2, 0.25) is 0 Å². The Morgan fingerprint density at radius 1 is 1.03 bits per heavy atom. The van der Waals surface area contributed by atoms with Crippen LogP contribution < -0.4 is 4.74 Å². The number of carbonyl (C=O) groups is 2. The Kier molecular flexibility index (Phi) is 7.25. The monoisotopic (exact) mass is 539 g/mol. The van der Waals surface area contributed by atoms with E-state index in [9.17, 15) is 26.7 Å². The Balaban J connectivity index is 0.000000405. The van der Waals surface area contributed by atoms with Crippen molar-refractivity contribution in [1.82, 2.24) is 14.3 Å². The number of fused-ring (bicyclic) bond motifs is 2. The molecule has 1 aliphatic rings. The zero-order valence-corrected chi connectivity index (χ0v) is 19.6. The van der Waals surface area contributed by atoms with Gasteiger partial charge in [0.2, 0.25) is 5.88 Å². The summed E-state index contributed by atoms with van der Waals surface area (Å²) in [6, 6.07) is 18.1. The van der Waals surface area contributed by atoms with Crippen LogP contribution in [0.4, 0.5) is 22.0 Å². The molecule has 0 saturated carbocycles. The molecule has 2 aromatic heterocycles. The minimum atomic E-state index is -5.08. The predicted octanol–water partition coefficient (Wildman–Crippen LogP) is 5.41. The van der Waals surface area contributed by atoms with E-state index in [4.69, 9.17) is 14.6 Å². The lowest BCUT2D eigenvalue weighted by atomic mass is 10.0. The molecule has 7 nitrogen and oxygen atoms in total. The molecule has 0 radical (unpaired) electrons. The lowest BCUT2D eigenvalue weighted by molar-refractivity contribution is -0.192. The van der Waals surface area contributed by atoms with Crippen molar-refractivity contribution in [1.29, 1.82) is 0 Å². The van der Waals surface area contributed by atoms with Gasteiger partial charge in [0.1, 0.15) is 4.88 Å². The van der Waals surface area contributed by atoms with Crippen LogP contribution in [0, 0.1) is 0 Å². The standard InChI is InChI=1S/C22H17F2N3O2S.C2HF3O2/c23-22(24)11-12-27(21(28)20-15-6-2-4-8-17(15)26-30-20)13-18(22)29-19-10-9-14-5-1-3-7-16(14)25-19;3-2(4,5)1(6)7/h1-10,18H,11-13H2;(H,6,7)/t18-;/m0./s1. The second kappa shape index (κ2) is 10.2. The zero-order chi connectivity index (χ0) is 26.8. The van der Waals surface area contributed by atoms with Crippen LogP contribution >= 0.6 is 11.5 Å². The lowest BCUT2D eigenvalue weighted by Crippen LogP contribution is -2.55. The third kappa shape index (κ3) is 5.93. The molecule has 0 bridgehead atoms. The van der Waals surface area contributed by atoms with Crippen molar-refractivity contribution >= 4 is 45.2 Å². The average Bonchev–Trinajstić information content (AvgIpc) is 3.29. The van der Waals surface area contributed by atoms with E-state index in [-0.39, 0.29) is 24.9 Å². The lowest BCUT2D eigenvalue weighted by Gasteiger charge is -2.37. The fourth-order valence-electron chi connectivity index (χ4n) is 3.62. The van der Waals surface area contributed by atoms with Crippen molar-refractivity contribution in [3.63, 3.8) is 0 Å². The Morgan fingerprint density at radius 3 is 2.38 bits per heavy atom. The molecular weight excluding hydrogens is 521 g/mol. The molecule has 1 N–H and O–H groups in total. The van der Waals surface area contributed by atoms with Crippen LogP contribution in [0.3, 0.4) is 0 Å². The summed E-state index contributed by atoms with van der Waals surface area (Å²) < 4.78 is 70.8. The molecule has 0 unspecified atom stereocenters. The van der Waals surface area contributed by atoms with Crippen molar-refractivity contribution in [2.24, 2.45) is 0 Å². The maximum Gasteiger partial charge on any atom is 0.490 e. The first-order valence-corrected chi connectivity index (χ1v) is 11.6. The van der Waals surface area contributed by atoms with E-state index >= 15 is 0 Å². The van der Waals surface area contributed by atoms with Crippen LogP contribution in [-0.2, 0) is 4.79 Å². The highest BCUT2D eigenvalue weighted by molar-refractivity contribution is 7.09. The van der Waals surface area contributed by atoms with Gasteiger partial charge in [-0.05, 0) is 29.7 Å². The summed E-state index contributed by atoms with van der Waals surface area (Å²) in [5.41, 5.74) is 1.39. The summed E-state index contributed by atoms with van der Waals surface area (Å²) >= 11 is 1.09. The fraction of sp³-hybridized carbons (Fsp3) is 0.250. The Morgan fingerprint density at radius 2 is 1.68 bits per heavy atom. The second-order valence-corrected chi connectivity index (χ2v) is 8.82. The van der Waals surface area contributed by atoms with Gasteiger partial charge in [-0.1, -0.05) is 36.4 Å². The summed E-state index contributed by atoms with van der Waals surface area (Å²) in [5.74, 6) is -5.99. The van der Waals surface area contributed by atoms with Gasteiger partial charge < -0.3 is 14.7 Å². The van der Waals surface area contributed by atoms with Crippen molar-refractivity contribution in [3.05, 3.63) is 65.5 Å². The highest BCUT2D eigenvalue weighted by Gasteiger charge is 2.47. The number of para-hydroxylation sites is 1. The summed E-state index contributed by atoms with van der Waals surface area (Å²) in [6.07, 6.45) is -7.02. The number of hydrogen-bond donors (Lipinski definition) is 1. The highest BCUT2D eigenvalue weighted by Crippen LogP contribution is 2.33. The van der Waals surface area contributed by atoms with Crippen LogP contribution in [0.1, 0.15) is 16.1 Å². The molecule has 5 rings (SSSR count). The first-order valence-electron chi connectivity index (χ1n) is 10.8. The van der Waals surface area contributed by atoms with E-state index in [0.29, 0.717) is 10.4 Å². The number of carboxylic acid groups (broad SMARTS) is 1. The van der Waals surface area contributed by atoms with Crippen LogP contribution in [0.5, 0.6) is 5.88 Å². The smallest absolute Gasteiger partial charge is 0.475 e. The second-order valence-electron chi connectivity index (χ2n) is 8.04. The van der Waals surface area contributed by atoms with Gasteiger partial charge in [-0.25, -0.2) is 18.6 Å². The molecule has 1 saturated heterocycles. The number of hydrogen-bond acceptors (Lipinski definition) is 6. The van der Waals surface area contributed by atoms with E-state index in [2.05, 4.69) is 9.36 Å². The van der Waals surface area contributed by atoms with E-state index in [1.54, 1.807) is 18.2 Å². The van der Waals surface area contributed by atoms with E-state index in [0.717, 1.165) is 27.8 Å². The van der Waals surface area contributed by atoms with Crippen molar-refractivity contribution in [2.45, 2.75) is 24.6 Å². The van der Waals surface area contributed by atoms with Gasteiger partial charge in [-0.15, -0.1) is 0 Å². The molecule has 194 valence electrons. The average molecular weight is 539 g/mol. The number of aromatic nitrogens is 2. The number of benzene rings is 2. The Hall–Kier alpha value is -3.87. The Bertz CT molecular complexity index is 1440. The summed E-state index contributed by atoms with van der Waals surface area (Å²) in [6.45, 7) is -0.254. The molecule has 37 heavy (non-hydrogen) atoms. The van der Waals surface area contributed by atoms with E-state index < -0.39 is 30.6 Å². The molecule has 4 aromatic rings. The number of rotatable bonds is 3. The summed E-state index contributed by atoms with van der Waals surface area (Å²) in [4.78, 5) is 28.1. The Labute approximate surface area is 210 Å². The normalized spacial score (nSPS) is 17.2. The largest absolute Gasteiger partial charge is 0.490 e. The van der Waals surface area contributed by atoms with Crippen LogP contribution in [-0.4, -0.2) is 62.5 Å². The number of amides is 1. The SMILES string of the molecule is O=C(O)C(F)(F)F.O=C(c1snc2ccccc12)N1CCC(F)(F)[C@@H](Oc2ccc3ccccc3n2)C1. The number of halogens is 5. The molecule has 0 aliphatic carbocycles. The number of piperidine rings is 1. The molecule has 0 spiro atoms. The number of alkyl halides is 5. The van der Waals surface area contributed by atoms with Gasteiger partial charge in [0.05, 0.1) is 17.6 Å². The van der Waals surface area contributed by atoms with Crippen molar-refractivity contribution < 1.29 is 41.4 Å². The van der Waals surface area contributed by atoms with Gasteiger partial charge in [0, 0.05) is 29.8 Å².